The lowest BCUT2D eigenvalue weighted by atomic mass is 9.85. The number of hydrogen-bond acceptors (Lipinski definition) is 1. The molecule has 0 atom stereocenters. The van der Waals surface area contributed by atoms with Gasteiger partial charge in [-0.2, -0.15) is 0 Å². The molecule has 0 aliphatic carbocycles. The Hall–Kier alpha value is -11.1. The minimum absolute atomic E-state index is 0.0899. The molecule has 17 aromatic rings. The van der Waals surface area contributed by atoms with Gasteiger partial charge in [-0.3, -0.25) is 0 Å². The number of benzene rings is 13. The normalized spacial score (nSPS) is 11.1. The molecule has 18 rings (SSSR count). The summed E-state index contributed by atoms with van der Waals surface area (Å²) in [6, 6.07) is 113. The quantitative estimate of drug-likeness (QED) is 0.172. The summed E-state index contributed by atoms with van der Waals surface area (Å²) in [5.74, 6) is 0.562. The predicted octanol–water partition coefficient (Wildman–Crippen LogP) is 35.4. The fourth-order valence-corrected chi connectivity index (χ4v) is 15.5. The van der Waals surface area contributed by atoms with Crippen molar-refractivity contribution in [3.8, 4) is 17.1 Å². The van der Waals surface area contributed by atoms with Crippen LogP contribution in [0.2, 0.25) is 0 Å². The molecule has 0 spiro atoms. The van der Waals surface area contributed by atoms with Crippen LogP contribution in [0.1, 0.15) is 241 Å². The summed E-state index contributed by atoms with van der Waals surface area (Å²) in [4.78, 5) is 2.46. The smallest absolute Gasteiger partial charge is 0.0541 e. The topological polar surface area (TPSA) is 23.0 Å². The number of nitrogens with zero attached hydrogens (tertiary/aromatic N) is 5. The van der Waals surface area contributed by atoms with Gasteiger partial charge in [-0.15, -0.1) is 0 Å². The molecule has 0 radical (unpaired) electrons. The van der Waals surface area contributed by atoms with E-state index in [9.17, 15) is 0 Å². The van der Waals surface area contributed by atoms with Gasteiger partial charge in [-0.05, 0) is 177 Å². The highest BCUT2D eigenvalue weighted by Crippen LogP contribution is 2.44. The fourth-order valence-electron chi connectivity index (χ4n) is 15.5. The van der Waals surface area contributed by atoms with Gasteiger partial charge in [-0.25, -0.2) is 0 Å². The van der Waals surface area contributed by atoms with Gasteiger partial charge in [0.05, 0.1) is 33.1 Å². The Morgan fingerprint density at radius 3 is 0.824 bits per heavy atom. The van der Waals surface area contributed by atoms with Gasteiger partial charge in [0, 0.05) is 100 Å². The van der Waals surface area contributed by atoms with Crippen LogP contribution in [0.5, 0.6) is 0 Å². The molecule has 0 saturated carbocycles. The molecule has 0 bridgehead atoms. The summed E-state index contributed by atoms with van der Waals surface area (Å²) in [5, 5.41) is 10.6. The zero-order valence-corrected chi connectivity index (χ0v) is 78.5. The van der Waals surface area contributed by atoms with Gasteiger partial charge < -0.3 is 23.2 Å². The number of fused-ring (bicyclic) bond motifs is 14. The summed E-state index contributed by atoms with van der Waals surface area (Å²) in [6.45, 7) is 63.7. The van der Waals surface area contributed by atoms with Gasteiger partial charge in [0.25, 0.3) is 0 Å². The van der Waals surface area contributed by atoms with E-state index in [1.165, 1.54) is 143 Å². The van der Waals surface area contributed by atoms with E-state index in [4.69, 9.17) is 0 Å². The van der Waals surface area contributed by atoms with E-state index in [2.05, 4.69) is 436 Å². The maximum absolute atomic E-state index is 2.46. The van der Waals surface area contributed by atoms with Crippen molar-refractivity contribution in [2.24, 2.45) is 0 Å². The minimum atomic E-state index is 0.0899. The summed E-state index contributed by atoms with van der Waals surface area (Å²) >= 11 is 0. The molecule has 13 aromatic carbocycles. The molecule has 0 saturated heterocycles. The molecule has 0 N–H and O–H groups in total. The van der Waals surface area contributed by atoms with E-state index in [1.807, 2.05) is 111 Å². The lowest BCUT2D eigenvalue weighted by Crippen LogP contribution is -2.40. The molecule has 0 fully saturated rings. The predicted molar refractivity (Wildman–Crippen MR) is 537 cm³/mol. The molecule has 1 aliphatic heterocycles. The van der Waals surface area contributed by atoms with Crippen molar-refractivity contribution in [3.63, 3.8) is 0 Å². The standard InChI is InChI=1S/2C22H21N.C21H19N.C17H19N.C16H17N.8C2H6/c1-22(2,3)18-12-6-9-15-21(18)23-19-13-7-4-10-16(19)17-11-5-8-14-20(17)23;1-22(2,3)16-9-8-10-17(15-16)23-20-13-6-4-11-18(20)19-12-5-7-14-21(19)23;1-15(2)16-11-13-17(14-12-16)22-20-9-5-3-7-18(20)19-8-4-6-10-21(19)22;1-17(2,3)18-15-10-6-4-8-13(15)12-14-9-5-7-11-16(14)18;1-16(2,3)17-14-10-6-4-8-12(14)13-9-5-7-11-15(13)17;8*1-2/h2*4-15H,1-3H3;3-15H,1-2H3;4-11H,12H2,1-3H3;4-11H,1-3H3;8*1-2H3. The van der Waals surface area contributed by atoms with Crippen LogP contribution in [0.3, 0.4) is 0 Å². The van der Waals surface area contributed by atoms with Crippen LogP contribution < -0.4 is 4.90 Å². The highest BCUT2D eigenvalue weighted by atomic mass is 15.2. The SMILES string of the molecule is CC.CC.CC.CC.CC.CC.CC.CC.CC(C)(C)N1c2ccccc2Cc2ccccc21.CC(C)(C)c1cccc(-n2c3ccccc3c3ccccc32)c1.CC(C)(C)c1ccccc1-n1c2ccccc2c2ccccc21.CC(C)(C)n1c2ccccc2c2ccccc21.CC(C)c1ccc(-n2c3ccccc3c3ccccc32)cc1. The number of para-hydroxylation sites is 11. The highest BCUT2D eigenvalue weighted by molar-refractivity contribution is 6.12. The third-order valence-corrected chi connectivity index (χ3v) is 20.2. The van der Waals surface area contributed by atoms with E-state index in [-0.39, 0.29) is 21.9 Å². The van der Waals surface area contributed by atoms with Crippen molar-refractivity contribution >= 4 is 98.6 Å². The Morgan fingerprint density at radius 2 is 0.513 bits per heavy atom. The third kappa shape index (κ3) is 22.2. The molecule has 119 heavy (non-hydrogen) atoms. The second-order valence-electron chi connectivity index (χ2n) is 31.9. The first-order chi connectivity index (χ1) is 57.5. The van der Waals surface area contributed by atoms with Gasteiger partial charge >= 0.3 is 0 Å². The first-order valence-electron chi connectivity index (χ1n) is 44.7. The van der Waals surface area contributed by atoms with Crippen LogP contribution in [0.25, 0.3) is 104 Å². The van der Waals surface area contributed by atoms with Gasteiger partial charge in [0.2, 0.25) is 0 Å². The van der Waals surface area contributed by atoms with Crippen molar-refractivity contribution in [2.45, 2.75) is 242 Å². The van der Waals surface area contributed by atoms with Crippen LogP contribution in [0.15, 0.2) is 315 Å². The molecule has 5 nitrogen and oxygen atoms in total. The van der Waals surface area contributed by atoms with Gasteiger partial charge in [0.15, 0.2) is 0 Å². The first kappa shape index (κ1) is 96.7. The largest absolute Gasteiger partial charge is 0.336 e. The molecular weight excluding hydrogens is 1440 g/mol. The van der Waals surface area contributed by atoms with Crippen LogP contribution in [-0.4, -0.2) is 23.8 Å². The molecular formula is C114H145N5. The maximum atomic E-state index is 2.46. The van der Waals surface area contributed by atoms with Gasteiger partial charge in [0.1, 0.15) is 0 Å². The maximum Gasteiger partial charge on any atom is 0.0541 e. The van der Waals surface area contributed by atoms with Crippen LogP contribution in [0.4, 0.5) is 11.4 Å². The summed E-state index contributed by atoms with van der Waals surface area (Å²) < 4.78 is 9.57. The van der Waals surface area contributed by atoms with E-state index in [0.29, 0.717) is 5.92 Å². The first-order valence-corrected chi connectivity index (χ1v) is 44.7. The number of anilines is 2. The van der Waals surface area contributed by atoms with Crippen LogP contribution in [0, 0.1) is 0 Å². The monoisotopic (exact) mass is 1580 g/mol. The molecule has 4 aromatic heterocycles. The molecule has 1 aliphatic rings. The van der Waals surface area contributed by atoms with Crippen molar-refractivity contribution in [1.29, 1.82) is 0 Å². The Balaban J connectivity index is 0.000000222. The van der Waals surface area contributed by atoms with Gasteiger partial charge in [-0.1, -0.05) is 391 Å². The lowest BCUT2D eigenvalue weighted by molar-refractivity contribution is 0.423. The summed E-state index contributed by atoms with van der Waals surface area (Å²) in [5.41, 5.74) is 24.1. The minimum Gasteiger partial charge on any atom is -0.336 e. The van der Waals surface area contributed by atoms with Crippen molar-refractivity contribution in [3.05, 3.63) is 343 Å². The lowest BCUT2D eigenvalue weighted by Gasteiger charge is -2.42. The Kier molecular flexibility index (Phi) is 37.1. The van der Waals surface area contributed by atoms with E-state index >= 15 is 0 Å². The van der Waals surface area contributed by atoms with Crippen molar-refractivity contribution in [1.82, 2.24) is 18.3 Å². The van der Waals surface area contributed by atoms with E-state index in [1.54, 1.807) is 0 Å². The second kappa shape index (κ2) is 45.7. The molecule has 626 valence electrons. The van der Waals surface area contributed by atoms with E-state index in [0.717, 1.165) is 6.42 Å². The summed E-state index contributed by atoms with van der Waals surface area (Å²) in [6.07, 6.45) is 1.04. The fraction of sp³-hybridized carbons (Fsp3) is 0.316. The Morgan fingerprint density at radius 1 is 0.235 bits per heavy atom. The van der Waals surface area contributed by atoms with Crippen LogP contribution >= 0.6 is 0 Å². The third-order valence-electron chi connectivity index (χ3n) is 20.2. The zero-order valence-electron chi connectivity index (χ0n) is 78.5. The summed E-state index contributed by atoms with van der Waals surface area (Å²) in [7, 11) is 0. The van der Waals surface area contributed by atoms with Crippen molar-refractivity contribution in [2.75, 3.05) is 4.90 Å². The van der Waals surface area contributed by atoms with E-state index < -0.39 is 0 Å². The number of aromatic nitrogens is 4. The average Bonchev–Trinajstić information content (AvgIpc) is 1.39. The number of rotatable bonds is 4. The Labute approximate surface area is 719 Å². The molecule has 0 unspecified atom stereocenters. The second-order valence-corrected chi connectivity index (χ2v) is 31.9. The van der Waals surface area contributed by atoms with Crippen LogP contribution in [-0.2, 0) is 22.8 Å². The number of hydrogen-bond donors (Lipinski definition) is 0. The molecule has 5 heteroatoms. The zero-order chi connectivity index (χ0) is 88.0. The Bertz CT molecular complexity index is 5620. The van der Waals surface area contributed by atoms with Crippen molar-refractivity contribution < 1.29 is 0 Å². The highest BCUT2D eigenvalue weighted by Gasteiger charge is 2.31. The average molecular weight is 1590 g/mol. The molecule has 5 heterocycles. The molecule has 0 amide bonds.